The molecule has 5 heteroatoms. The molecule has 1 aliphatic rings. The quantitative estimate of drug-likeness (QED) is 0.618. The summed E-state index contributed by atoms with van der Waals surface area (Å²) in [4.78, 5) is 24.3. The highest BCUT2D eigenvalue weighted by atomic mass is 16.6. The van der Waals surface area contributed by atoms with Gasteiger partial charge < -0.3 is 4.90 Å². The molecular formula is C14H18N2O3. The van der Waals surface area contributed by atoms with Gasteiger partial charge in [0, 0.05) is 25.1 Å². The van der Waals surface area contributed by atoms with Crippen molar-refractivity contribution in [2.24, 2.45) is 0 Å². The number of fused-ring (bicyclic) bond motifs is 1. The van der Waals surface area contributed by atoms with E-state index in [0.717, 1.165) is 36.9 Å². The van der Waals surface area contributed by atoms with Crippen molar-refractivity contribution in [1.82, 2.24) is 0 Å². The summed E-state index contributed by atoms with van der Waals surface area (Å²) in [5.41, 5.74) is 1.80. The van der Waals surface area contributed by atoms with Crippen LogP contribution in [0.5, 0.6) is 0 Å². The number of rotatable bonds is 4. The van der Waals surface area contributed by atoms with Crippen LogP contribution < -0.4 is 4.90 Å². The summed E-state index contributed by atoms with van der Waals surface area (Å²) >= 11 is 0. The molecular weight excluding hydrogens is 244 g/mol. The Morgan fingerprint density at radius 3 is 2.95 bits per heavy atom. The summed E-state index contributed by atoms with van der Waals surface area (Å²) in [5.74, 6) is 0.0725. The van der Waals surface area contributed by atoms with Crippen LogP contribution >= 0.6 is 0 Å². The molecule has 102 valence electrons. The largest absolute Gasteiger partial charge is 0.312 e. The number of nitro benzene ring substituents is 1. The molecule has 0 fully saturated rings. The molecule has 0 atom stereocenters. The van der Waals surface area contributed by atoms with Gasteiger partial charge in [-0.05, 0) is 24.8 Å². The molecule has 1 heterocycles. The lowest BCUT2D eigenvalue weighted by atomic mass is 10.0. The van der Waals surface area contributed by atoms with Crippen LogP contribution in [-0.4, -0.2) is 17.4 Å². The number of hydrogen-bond donors (Lipinski definition) is 0. The number of non-ortho nitro benzene ring substituents is 1. The molecule has 5 nitrogen and oxygen atoms in total. The Morgan fingerprint density at radius 1 is 1.47 bits per heavy atom. The first kappa shape index (κ1) is 13.5. The Labute approximate surface area is 112 Å². The van der Waals surface area contributed by atoms with Gasteiger partial charge in [0.1, 0.15) is 0 Å². The van der Waals surface area contributed by atoms with E-state index in [9.17, 15) is 14.9 Å². The van der Waals surface area contributed by atoms with Crippen LogP contribution in [0.3, 0.4) is 0 Å². The van der Waals surface area contributed by atoms with Gasteiger partial charge in [-0.25, -0.2) is 0 Å². The predicted octanol–water partition coefficient (Wildman–Crippen LogP) is 3.06. The van der Waals surface area contributed by atoms with Gasteiger partial charge in [-0.1, -0.05) is 19.4 Å². The normalized spacial score (nSPS) is 14.1. The predicted molar refractivity (Wildman–Crippen MR) is 73.3 cm³/mol. The van der Waals surface area contributed by atoms with Crippen LogP contribution in [0.2, 0.25) is 0 Å². The zero-order valence-corrected chi connectivity index (χ0v) is 11.1. The summed E-state index contributed by atoms with van der Waals surface area (Å²) in [5, 5.41) is 10.8. The van der Waals surface area contributed by atoms with Crippen molar-refractivity contribution in [2.75, 3.05) is 11.4 Å². The molecule has 0 radical (unpaired) electrons. The summed E-state index contributed by atoms with van der Waals surface area (Å²) in [6, 6.07) is 4.81. The zero-order chi connectivity index (χ0) is 13.8. The summed E-state index contributed by atoms with van der Waals surface area (Å²) in [7, 11) is 0. The number of anilines is 1. The highest BCUT2D eigenvalue weighted by Gasteiger charge is 2.24. The maximum atomic E-state index is 12.2. The number of hydrogen-bond acceptors (Lipinski definition) is 3. The molecule has 0 aliphatic carbocycles. The highest BCUT2D eigenvalue weighted by molar-refractivity contribution is 5.94. The number of amides is 1. The van der Waals surface area contributed by atoms with E-state index in [4.69, 9.17) is 0 Å². The first-order chi connectivity index (χ1) is 9.13. The number of unbranched alkanes of at least 4 members (excludes halogenated alkanes) is 1. The van der Waals surface area contributed by atoms with Crippen LogP contribution in [0.25, 0.3) is 0 Å². The van der Waals surface area contributed by atoms with Crippen molar-refractivity contribution in [2.45, 2.75) is 39.0 Å². The van der Waals surface area contributed by atoms with Crippen LogP contribution in [0.4, 0.5) is 11.4 Å². The average molecular weight is 262 g/mol. The minimum atomic E-state index is -0.413. The monoisotopic (exact) mass is 262 g/mol. The number of nitrogens with zero attached hydrogens (tertiary/aromatic N) is 2. The van der Waals surface area contributed by atoms with Crippen molar-refractivity contribution < 1.29 is 9.72 Å². The SMILES string of the molecule is CCCCC(=O)N1CCCc2ccc([N+](=O)[O-])cc21. The van der Waals surface area contributed by atoms with E-state index in [0.29, 0.717) is 13.0 Å². The maximum absolute atomic E-state index is 12.2. The van der Waals surface area contributed by atoms with Crippen molar-refractivity contribution in [1.29, 1.82) is 0 Å². The molecule has 1 aromatic rings. The molecule has 0 N–H and O–H groups in total. The summed E-state index contributed by atoms with van der Waals surface area (Å²) in [6.45, 7) is 2.71. The third-order valence-electron chi connectivity index (χ3n) is 3.44. The number of carbonyl (C=O) groups is 1. The minimum Gasteiger partial charge on any atom is -0.312 e. The van der Waals surface area contributed by atoms with E-state index in [-0.39, 0.29) is 11.6 Å². The fraction of sp³-hybridized carbons (Fsp3) is 0.500. The van der Waals surface area contributed by atoms with Crippen molar-refractivity contribution >= 4 is 17.3 Å². The second kappa shape index (κ2) is 5.82. The molecule has 2 rings (SSSR count). The standard InChI is InChI=1S/C14H18N2O3/c1-2-3-6-14(17)15-9-4-5-11-7-8-12(16(18)19)10-13(11)15/h7-8,10H,2-6,9H2,1H3. The van der Waals surface area contributed by atoms with E-state index in [2.05, 4.69) is 0 Å². The molecule has 1 aliphatic heterocycles. The lowest BCUT2D eigenvalue weighted by Gasteiger charge is -2.29. The van der Waals surface area contributed by atoms with Gasteiger partial charge in [-0.3, -0.25) is 14.9 Å². The molecule has 1 aromatic carbocycles. The van der Waals surface area contributed by atoms with Crippen LogP contribution in [0.1, 0.15) is 38.2 Å². The van der Waals surface area contributed by atoms with Gasteiger partial charge in [0.15, 0.2) is 0 Å². The minimum absolute atomic E-state index is 0.0499. The Hall–Kier alpha value is -1.91. The second-order valence-electron chi connectivity index (χ2n) is 4.82. The lowest BCUT2D eigenvalue weighted by molar-refractivity contribution is -0.384. The van der Waals surface area contributed by atoms with E-state index < -0.39 is 4.92 Å². The number of nitro groups is 1. The van der Waals surface area contributed by atoms with E-state index in [1.165, 1.54) is 12.1 Å². The Balaban J connectivity index is 2.28. The summed E-state index contributed by atoms with van der Waals surface area (Å²) in [6.07, 6.45) is 4.15. The molecule has 0 saturated carbocycles. The van der Waals surface area contributed by atoms with Gasteiger partial charge in [0.25, 0.3) is 5.69 Å². The topological polar surface area (TPSA) is 63.5 Å². The smallest absolute Gasteiger partial charge is 0.271 e. The number of carbonyl (C=O) groups excluding carboxylic acids is 1. The number of aryl methyl sites for hydroxylation is 1. The van der Waals surface area contributed by atoms with Crippen molar-refractivity contribution in [3.63, 3.8) is 0 Å². The first-order valence-corrected chi connectivity index (χ1v) is 6.71. The maximum Gasteiger partial charge on any atom is 0.271 e. The van der Waals surface area contributed by atoms with Crippen LogP contribution in [-0.2, 0) is 11.2 Å². The van der Waals surface area contributed by atoms with Gasteiger partial charge >= 0.3 is 0 Å². The fourth-order valence-corrected chi connectivity index (χ4v) is 2.40. The van der Waals surface area contributed by atoms with E-state index >= 15 is 0 Å². The Bertz CT molecular complexity index is 499. The van der Waals surface area contributed by atoms with E-state index in [1.54, 1.807) is 11.0 Å². The summed E-state index contributed by atoms with van der Waals surface area (Å²) < 4.78 is 0. The van der Waals surface area contributed by atoms with Gasteiger partial charge in [-0.15, -0.1) is 0 Å². The zero-order valence-electron chi connectivity index (χ0n) is 11.1. The van der Waals surface area contributed by atoms with Crippen molar-refractivity contribution in [3.05, 3.63) is 33.9 Å². The Morgan fingerprint density at radius 2 is 2.26 bits per heavy atom. The average Bonchev–Trinajstić information content (AvgIpc) is 2.43. The molecule has 19 heavy (non-hydrogen) atoms. The van der Waals surface area contributed by atoms with Gasteiger partial charge in [0.2, 0.25) is 5.91 Å². The molecule has 0 bridgehead atoms. The van der Waals surface area contributed by atoms with Crippen LogP contribution in [0.15, 0.2) is 18.2 Å². The van der Waals surface area contributed by atoms with E-state index in [1.807, 2.05) is 6.92 Å². The number of benzene rings is 1. The highest BCUT2D eigenvalue weighted by Crippen LogP contribution is 2.31. The molecule has 0 unspecified atom stereocenters. The third kappa shape index (κ3) is 2.92. The van der Waals surface area contributed by atoms with Crippen LogP contribution in [0, 0.1) is 10.1 Å². The van der Waals surface area contributed by atoms with Crippen molar-refractivity contribution in [3.8, 4) is 0 Å². The molecule has 1 amide bonds. The Kier molecular flexibility index (Phi) is 4.14. The molecule has 0 saturated heterocycles. The van der Waals surface area contributed by atoms with Gasteiger partial charge in [-0.2, -0.15) is 0 Å². The molecule has 0 aromatic heterocycles. The first-order valence-electron chi connectivity index (χ1n) is 6.71. The second-order valence-corrected chi connectivity index (χ2v) is 4.82. The molecule has 0 spiro atoms. The third-order valence-corrected chi connectivity index (χ3v) is 3.44. The van der Waals surface area contributed by atoms with Gasteiger partial charge in [0.05, 0.1) is 10.6 Å². The fourth-order valence-electron chi connectivity index (χ4n) is 2.40. The lowest BCUT2D eigenvalue weighted by Crippen LogP contribution is -2.35.